The molecular weight excluding hydrogens is 252 g/mol. The Bertz CT molecular complexity index is 738. The van der Waals surface area contributed by atoms with Crippen LogP contribution in [0.15, 0.2) is 55.0 Å². The first-order valence-electron chi connectivity index (χ1n) is 6.22. The highest BCUT2D eigenvalue weighted by molar-refractivity contribution is 6.04. The van der Waals surface area contributed by atoms with Crippen LogP contribution in [-0.4, -0.2) is 20.9 Å². The minimum atomic E-state index is -0.228. The number of benzene rings is 1. The number of aromatic nitrogens is 3. The number of carbonyl (C=O) groups is 1. The van der Waals surface area contributed by atoms with Crippen molar-refractivity contribution in [3.05, 3.63) is 66.4 Å². The molecule has 0 spiro atoms. The Morgan fingerprint density at radius 1 is 1.00 bits per heavy atom. The van der Waals surface area contributed by atoms with Crippen LogP contribution in [0.5, 0.6) is 0 Å². The first-order chi connectivity index (χ1) is 9.84. The van der Waals surface area contributed by atoms with E-state index in [-0.39, 0.29) is 5.91 Å². The molecule has 0 aliphatic heterocycles. The standard InChI is InChI=1S/C15H12N4O/c20-15(17-9-11-5-3-4-8-16-11)14-12-6-1-2-7-13(12)18-10-19-14/h1-8,10H,9H2,(H,17,20). The minimum absolute atomic E-state index is 0.228. The van der Waals surface area contributed by atoms with Crippen molar-refractivity contribution in [3.8, 4) is 0 Å². The number of amides is 1. The Balaban J connectivity index is 1.82. The summed E-state index contributed by atoms with van der Waals surface area (Å²) in [5.41, 5.74) is 1.94. The second-order valence-corrected chi connectivity index (χ2v) is 4.24. The number of hydrogen-bond acceptors (Lipinski definition) is 4. The van der Waals surface area contributed by atoms with Gasteiger partial charge in [0, 0.05) is 11.6 Å². The van der Waals surface area contributed by atoms with Crippen LogP contribution in [0, 0.1) is 0 Å². The predicted molar refractivity (Wildman–Crippen MR) is 74.9 cm³/mol. The summed E-state index contributed by atoms with van der Waals surface area (Å²) in [6.45, 7) is 0.373. The maximum Gasteiger partial charge on any atom is 0.270 e. The van der Waals surface area contributed by atoms with E-state index in [0.29, 0.717) is 12.2 Å². The molecule has 1 N–H and O–H groups in total. The molecule has 0 saturated carbocycles. The van der Waals surface area contributed by atoms with E-state index in [1.54, 1.807) is 6.20 Å². The summed E-state index contributed by atoms with van der Waals surface area (Å²) in [7, 11) is 0. The maximum absolute atomic E-state index is 12.2. The van der Waals surface area contributed by atoms with Gasteiger partial charge in [0.25, 0.3) is 5.91 Å². The third-order valence-electron chi connectivity index (χ3n) is 2.91. The van der Waals surface area contributed by atoms with Crippen LogP contribution in [0.3, 0.4) is 0 Å². The summed E-state index contributed by atoms with van der Waals surface area (Å²) in [4.78, 5) is 24.6. The fourth-order valence-electron chi connectivity index (χ4n) is 1.94. The van der Waals surface area contributed by atoms with Crippen LogP contribution in [-0.2, 0) is 6.54 Å². The van der Waals surface area contributed by atoms with Gasteiger partial charge in [-0.15, -0.1) is 0 Å². The van der Waals surface area contributed by atoms with Crippen LogP contribution >= 0.6 is 0 Å². The Kier molecular flexibility index (Phi) is 3.33. The molecule has 98 valence electrons. The molecule has 0 fully saturated rings. The van der Waals surface area contributed by atoms with Crippen molar-refractivity contribution in [1.82, 2.24) is 20.3 Å². The second-order valence-electron chi connectivity index (χ2n) is 4.24. The van der Waals surface area contributed by atoms with Crippen molar-refractivity contribution >= 4 is 16.8 Å². The van der Waals surface area contributed by atoms with E-state index in [1.807, 2.05) is 42.5 Å². The molecule has 3 aromatic rings. The molecule has 0 atom stereocenters. The number of nitrogens with zero attached hydrogens (tertiary/aromatic N) is 3. The van der Waals surface area contributed by atoms with Crippen molar-refractivity contribution in [2.24, 2.45) is 0 Å². The Morgan fingerprint density at radius 3 is 2.70 bits per heavy atom. The van der Waals surface area contributed by atoms with Crippen molar-refractivity contribution in [1.29, 1.82) is 0 Å². The number of carbonyl (C=O) groups excluding carboxylic acids is 1. The first-order valence-corrected chi connectivity index (χ1v) is 6.22. The highest BCUT2D eigenvalue weighted by atomic mass is 16.1. The Labute approximate surface area is 115 Å². The number of hydrogen-bond donors (Lipinski definition) is 1. The fourth-order valence-corrected chi connectivity index (χ4v) is 1.94. The number of pyridine rings is 1. The average Bonchev–Trinajstić information content (AvgIpc) is 2.53. The number of fused-ring (bicyclic) bond motifs is 1. The van der Waals surface area contributed by atoms with Crippen LogP contribution in [0.25, 0.3) is 10.9 Å². The largest absolute Gasteiger partial charge is 0.345 e. The van der Waals surface area contributed by atoms with E-state index in [9.17, 15) is 4.79 Å². The van der Waals surface area contributed by atoms with Gasteiger partial charge in [0.15, 0.2) is 0 Å². The van der Waals surface area contributed by atoms with Crippen LogP contribution in [0.1, 0.15) is 16.2 Å². The topological polar surface area (TPSA) is 67.8 Å². The van der Waals surface area contributed by atoms with E-state index in [1.165, 1.54) is 6.33 Å². The monoisotopic (exact) mass is 264 g/mol. The molecule has 0 saturated heterocycles. The molecule has 2 heterocycles. The molecule has 0 bridgehead atoms. The molecule has 3 rings (SSSR count). The first kappa shape index (κ1) is 12.2. The van der Waals surface area contributed by atoms with Gasteiger partial charge in [0.2, 0.25) is 0 Å². The predicted octanol–water partition coefficient (Wildman–Crippen LogP) is 1.95. The Morgan fingerprint density at radius 2 is 1.85 bits per heavy atom. The van der Waals surface area contributed by atoms with Gasteiger partial charge in [0.05, 0.1) is 17.8 Å². The third kappa shape index (κ3) is 2.47. The van der Waals surface area contributed by atoms with E-state index in [0.717, 1.165) is 16.6 Å². The average molecular weight is 264 g/mol. The molecule has 5 nitrogen and oxygen atoms in total. The summed E-state index contributed by atoms with van der Waals surface area (Å²) in [6, 6.07) is 13.0. The van der Waals surface area contributed by atoms with Gasteiger partial charge < -0.3 is 5.32 Å². The lowest BCUT2D eigenvalue weighted by Gasteiger charge is -2.06. The molecule has 0 aliphatic rings. The summed E-state index contributed by atoms with van der Waals surface area (Å²) in [5, 5.41) is 3.56. The van der Waals surface area contributed by atoms with Gasteiger partial charge in [-0.1, -0.05) is 24.3 Å². The van der Waals surface area contributed by atoms with E-state index in [4.69, 9.17) is 0 Å². The SMILES string of the molecule is O=C(NCc1ccccn1)c1ncnc2ccccc12. The van der Waals surface area contributed by atoms with Crippen molar-refractivity contribution in [2.75, 3.05) is 0 Å². The van der Waals surface area contributed by atoms with Gasteiger partial charge >= 0.3 is 0 Å². The summed E-state index contributed by atoms with van der Waals surface area (Å²) >= 11 is 0. The molecule has 0 unspecified atom stereocenters. The summed E-state index contributed by atoms with van der Waals surface area (Å²) < 4.78 is 0. The van der Waals surface area contributed by atoms with Crippen LogP contribution in [0.2, 0.25) is 0 Å². The zero-order valence-corrected chi connectivity index (χ0v) is 10.7. The molecule has 1 amide bonds. The van der Waals surface area contributed by atoms with Gasteiger partial charge in [-0.05, 0) is 18.2 Å². The fraction of sp³-hybridized carbons (Fsp3) is 0.0667. The zero-order valence-electron chi connectivity index (χ0n) is 10.7. The van der Waals surface area contributed by atoms with E-state index >= 15 is 0 Å². The smallest absolute Gasteiger partial charge is 0.270 e. The van der Waals surface area contributed by atoms with Crippen molar-refractivity contribution < 1.29 is 4.79 Å². The quantitative estimate of drug-likeness (QED) is 0.785. The van der Waals surface area contributed by atoms with Gasteiger partial charge in [-0.2, -0.15) is 0 Å². The lowest BCUT2D eigenvalue weighted by molar-refractivity contribution is 0.0947. The van der Waals surface area contributed by atoms with Crippen molar-refractivity contribution in [2.45, 2.75) is 6.54 Å². The van der Waals surface area contributed by atoms with E-state index in [2.05, 4.69) is 20.3 Å². The van der Waals surface area contributed by atoms with Crippen LogP contribution in [0.4, 0.5) is 0 Å². The third-order valence-corrected chi connectivity index (χ3v) is 2.91. The Hall–Kier alpha value is -2.82. The van der Waals surface area contributed by atoms with Gasteiger partial charge in [-0.3, -0.25) is 9.78 Å². The molecule has 0 aliphatic carbocycles. The molecule has 1 aromatic carbocycles. The van der Waals surface area contributed by atoms with Gasteiger partial charge in [0.1, 0.15) is 12.0 Å². The molecule has 0 radical (unpaired) electrons. The molecule has 5 heteroatoms. The normalized spacial score (nSPS) is 10.4. The summed E-state index contributed by atoms with van der Waals surface area (Å²) in [5.74, 6) is -0.228. The highest BCUT2D eigenvalue weighted by Gasteiger charge is 2.11. The van der Waals surface area contributed by atoms with Gasteiger partial charge in [-0.25, -0.2) is 9.97 Å². The highest BCUT2D eigenvalue weighted by Crippen LogP contribution is 2.13. The number of para-hydroxylation sites is 1. The lowest BCUT2D eigenvalue weighted by atomic mass is 10.2. The molecular formula is C15H12N4O. The summed E-state index contributed by atoms with van der Waals surface area (Å²) in [6.07, 6.45) is 3.10. The van der Waals surface area contributed by atoms with E-state index < -0.39 is 0 Å². The lowest BCUT2D eigenvalue weighted by Crippen LogP contribution is -2.24. The maximum atomic E-state index is 12.2. The number of nitrogens with one attached hydrogen (secondary N) is 1. The van der Waals surface area contributed by atoms with Crippen LogP contribution < -0.4 is 5.32 Å². The molecule has 20 heavy (non-hydrogen) atoms. The molecule has 2 aromatic heterocycles. The zero-order chi connectivity index (χ0) is 13.8. The number of rotatable bonds is 3. The minimum Gasteiger partial charge on any atom is -0.345 e. The van der Waals surface area contributed by atoms with Crippen molar-refractivity contribution in [3.63, 3.8) is 0 Å². The second kappa shape index (κ2) is 5.44.